The van der Waals surface area contributed by atoms with Crippen LogP contribution in [-0.4, -0.2) is 46.7 Å². The van der Waals surface area contributed by atoms with E-state index in [-0.39, 0.29) is 18.5 Å². The molecule has 5 nitrogen and oxygen atoms in total. The topological polar surface area (TPSA) is 56.4 Å². The Bertz CT molecular complexity index is 692. The van der Waals surface area contributed by atoms with Gasteiger partial charge in [0.05, 0.1) is 13.1 Å². The zero-order chi connectivity index (χ0) is 15.0. The van der Waals surface area contributed by atoms with E-state index in [1.165, 1.54) is 15.8 Å². The zero-order valence-electron chi connectivity index (χ0n) is 12.3. The van der Waals surface area contributed by atoms with Gasteiger partial charge < -0.3 is 14.8 Å². The van der Waals surface area contributed by atoms with Crippen molar-refractivity contribution in [2.45, 2.75) is 25.9 Å². The fourth-order valence-electron chi connectivity index (χ4n) is 3.03. The second-order valence-electron chi connectivity index (χ2n) is 5.72. The van der Waals surface area contributed by atoms with Crippen LogP contribution in [0.25, 0.3) is 10.9 Å². The molecule has 1 aliphatic heterocycles. The Labute approximate surface area is 123 Å². The number of aromatic amines is 1. The number of H-pyrrole nitrogens is 1. The molecule has 110 valence electrons. The summed E-state index contributed by atoms with van der Waals surface area (Å²) in [5.41, 5.74) is 3.54. The van der Waals surface area contributed by atoms with Gasteiger partial charge in [-0.1, -0.05) is 18.2 Å². The molecule has 0 aliphatic carbocycles. The number of aromatic nitrogens is 1. The Balaban J connectivity index is 1.88. The maximum atomic E-state index is 12.3. The van der Waals surface area contributed by atoms with E-state index in [1.54, 1.807) is 7.05 Å². The smallest absolute Gasteiger partial charge is 0.242 e. The molecular formula is C16H19N3O2. The van der Waals surface area contributed by atoms with Gasteiger partial charge in [0.1, 0.15) is 0 Å². The van der Waals surface area contributed by atoms with Crippen LogP contribution in [0.2, 0.25) is 0 Å². The number of rotatable bonds is 3. The average molecular weight is 285 g/mol. The van der Waals surface area contributed by atoms with Crippen LogP contribution in [0.5, 0.6) is 0 Å². The molecule has 0 saturated carbocycles. The van der Waals surface area contributed by atoms with Crippen molar-refractivity contribution in [3.8, 4) is 0 Å². The van der Waals surface area contributed by atoms with Crippen LogP contribution >= 0.6 is 0 Å². The van der Waals surface area contributed by atoms with Crippen molar-refractivity contribution < 1.29 is 9.59 Å². The second kappa shape index (κ2) is 5.24. The molecule has 5 heteroatoms. The molecule has 1 aromatic carbocycles. The Morgan fingerprint density at radius 1 is 1.48 bits per heavy atom. The standard InChI is InChI=1S/C16H19N3O2/c1-11-7-13-12-5-3-4-6-14(12)17-15(13)8-19(11)16(21)9-18(2)10-20/h3-6,10-11,17H,7-9H2,1-2H3. The van der Waals surface area contributed by atoms with Crippen molar-refractivity contribution >= 4 is 23.2 Å². The normalized spacial score (nSPS) is 17.6. The molecule has 3 rings (SSSR count). The van der Waals surface area contributed by atoms with Gasteiger partial charge in [0.15, 0.2) is 0 Å². The van der Waals surface area contributed by atoms with E-state index >= 15 is 0 Å². The molecule has 0 spiro atoms. The third-order valence-electron chi connectivity index (χ3n) is 4.15. The first kappa shape index (κ1) is 13.7. The maximum Gasteiger partial charge on any atom is 0.242 e. The largest absolute Gasteiger partial charge is 0.357 e. The van der Waals surface area contributed by atoms with E-state index in [1.807, 2.05) is 17.0 Å². The maximum absolute atomic E-state index is 12.3. The van der Waals surface area contributed by atoms with Gasteiger partial charge in [-0.15, -0.1) is 0 Å². The van der Waals surface area contributed by atoms with Crippen LogP contribution in [0.15, 0.2) is 24.3 Å². The summed E-state index contributed by atoms with van der Waals surface area (Å²) >= 11 is 0. The minimum absolute atomic E-state index is 0.0126. The monoisotopic (exact) mass is 285 g/mol. The second-order valence-corrected chi connectivity index (χ2v) is 5.72. The van der Waals surface area contributed by atoms with Gasteiger partial charge in [-0.05, 0) is 25.0 Å². The first-order valence-corrected chi connectivity index (χ1v) is 7.13. The number of nitrogens with one attached hydrogen (secondary N) is 1. The lowest BCUT2D eigenvalue weighted by atomic mass is 9.97. The molecule has 2 aromatic rings. The van der Waals surface area contributed by atoms with Crippen molar-refractivity contribution in [3.63, 3.8) is 0 Å². The lowest BCUT2D eigenvalue weighted by molar-refractivity contribution is -0.137. The minimum atomic E-state index is -0.0126. The van der Waals surface area contributed by atoms with Crippen LogP contribution in [-0.2, 0) is 22.6 Å². The highest BCUT2D eigenvalue weighted by Crippen LogP contribution is 2.30. The lowest BCUT2D eigenvalue weighted by Gasteiger charge is -2.34. The van der Waals surface area contributed by atoms with Crippen molar-refractivity contribution in [1.29, 1.82) is 0 Å². The molecule has 21 heavy (non-hydrogen) atoms. The Morgan fingerprint density at radius 3 is 3.00 bits per heavy atom. The van der Waals surface area contributed by atoms with Gasteiger partial charge in [-0.3, -0.25) is 9.59 Å². The Kier molecular flexibility index (Phi) is 3.41. The van der Waals surface area contributed by atoms with E-state index in [9.17, 15) is 9.59 Å². The summed E-state index contributed by atoms with van der Waals surface area (Å²) in [5.74, 6) is -0.0126. The molecule has 2 amide bonds. The predicted molar refractivity (Wildman–Crippen MR) is 80.7 cm³/mol. The number of hydrogen-bond donors (Lipinski definition) is 1. The number of carbonyl (C=O) groups is 2. The number of fused-ring (bicyclic) bond motifs is 3. The molecule has 1 unspecified atom stereocenters. The molecule has 0 saturated heterocycles. The van der Waals surface area contributed by atoms with Crippen LogP contribution in [0.1, 0.15) is 18.2 Å². The molecule has 0 radical (unpaired) electrons. The van der Waals surface area contributed by atoms with Crippen LogP contribution < -0.4 is 0 Å². The third-order valence-corrected chi connectivity index (χ3v) is 4.15. The molecule has 2 heterocycles. The van der Waals surface area contributed by atoms with Crippen molar-refractivity contribution in [2.24, 2.45) is 0 Å². The molecular weight excluding hydrogens is 266 g/mol. The van der Waals surface area contributed by atoms with Crippen LogP contribution in [0.3, 0.4) is 0 Å². The predicted octanol–water partition coefficient (Wildman–Crippen LogP) is 1.53. The fourth-order valence-corrected chi connectivity index (χ4v) is 3.03. The summed E-state index contributed by atoms with van der Waals surface area (Å²) in [6, 6.07) is 8.37. The molecule has 0 fully saturated rings. The molecule has 1 aliphatic rings. The number of nitrogens with zero attached hydrogens (tertiary/aromatic N) is 2. The van der Waals surface area contributed by atoms with E-state index in [0.717, 1.165) is 17.6 Å². The Hall–Kier alpha value is -2.30. The third kappa shape index (κ3) is 2.39. The highest BCUT2D eigenvalue weighted by molar-refractivity contribution is 5.86. The number of para-hydroxylation sites is 1. The van der Waals surface area contributed by atoms with Gasteiger partial charge in [0, 0.05) is 29.7 Å². The first-order valence-electron chi connectivity index (χ1n) is 7.13. The van der Waals surface area contributed by atoms with E-state index in [0.29, 0.717) is 13.0 Å². The van der Waals surface area contributed by atoms with Crippen molar-refractivity contribution in [3.05, 3.63) is 35.5 Å². The lowest BCUT2D eigenvalue weighted by Crippen LogP contribution is -2.46. The molecule has 1 aromatic heterocycles. The number of amides is 2. The SMILES string of the molecule is CC1Cc2c([nH]c3ccccc23)CN1C(=O)CN(C)C=O. The molecule has 0 bridgehead atoms. The van der Waals surface area contributed by atoms with Crippen molar-refractivity contribution in [2.75, 3.05) is 13.6 Å². The van der Waals surface area contributed by atoms with Crippen molar-refractivity contribution in [1.82, 2.24) is 14.8 Å². The first-order chi connectivity index (χ1) is 10.1. The summed E-state index contributed by atoms with van der Waals surface area (Å²) < 4.78 is 0. The van der Waals surface area contributed by atoms with Gasteiger partial charge in [0.2, 0.25) is 12.3 Å². The van der Waals surface area contributed by atoms with E-state index in [4.69, 9.17) is 0 Å². The summed E-state index contributed by atoms with van der Waals surface area (Å²) in [7, 11) is 1.62. The number of hydrogen-bond acceptors (Lipinski definition) is 2. The summed E-state index contributed by atoms with van der Waals surface area (Å²) in [6.07, 6.45) is 1.52. The van der Waals surface area contributed by atoms with Gasteiger partial charge in [0.25, 0.3) is 0 Å². The zero-order valence-corrected chi connectivity index (χ0v) is 12.3. The van der Waals surface area contributed by atoms with Crippen LogP contribution in [0.4, 0.5) is 0 Å². The molecule has 1 atom stereocenters. The quantitative estimate of drug-likeness (QED) is 0.870. The average Bonchev–Trinajstić information content (AvgIpc) is 2.84. The van der Waals surface area contributed by atoms with E-state index in [2.05, 4.69) is 24.0 Å². The number of carbonyl (C=O) groups excluding carboxylic acids is 2. The summed E-state index contributed by atoms with van der Waals surface area (Å²) in [4.78, 5) is 29.6. The number of benzene rings is 1. The van der Waals surface area contributed by atoms with Gasteiger partial charge in [-0.2, -0.15) is 0 Å². The van der Waals surface area contributed by atoms with E-state index < -0.39 is 0 Å². The highest BCUT2D eigenvalue weighted by Gasteiger charge is 2.29. The fraction of sp³-hybridized carbons (Fsp3) is 0.375. The summed E-state index contributed by atoms with van der Waals surface area (Å²) in [5, 5.41) is 1.25. The van der Waals surface area contributed by atoms with Crippen LogP contribution in [0, 0.1) is 0 Å². The van der Waals surface area contributed by atoms with Gasteiger partial charge in [-0.25, -0.2) is 0 Å². The molecule has 1 N–H and O–H groups in total. The summed E-state index contributed by atoms with van der Waals surface area (Å²) in [6.45, 7) is 2.77. The Morgan fingerprint density at radius 2 is 2.24 bits per heavy atom. The van der Waals surface area contributed by atoms with Gasteiger partial charge >= 0.3 is 0 Å². The highest BCUT2D eigenvalue weighted by atomic mass is 16.2. The minimum Gasteiger partial charge on any atom is -0.357 e. The number of likely N-dealkylation sites (N-methyl/N-ethyl adjacent to an activating group) is 1.